The van der Waals surface area contributed by atoms with Gasteiger partial charge in [-0.1, -0.05) is 42.3 Å². The number of carbonyl (C=O) groups excluding carboxylic acids is 2. The van der Waals surface area contributed by atoms with Gasteiger partial charge in [0.25, 0.3) is 5.91 Å². The molecule has 1 N–H and O–H groups in total. The maximum absolute atomic E-state index is 13.0. The third kappa shape index (κ3) is 5.59. The van der Waals surface area contributed by atoms with Crippen LogP contribution in [0.4, 0.5) is 5.69 Å². The van der Waals surface area contributed by atoms with Gasteiger partial charge in [-0.3, -0.25) is 14.5 Å². The molecule has 0 atom stereocenters. The van der Waals surface area contributed by atoms with Crippen molar-refractivity contribution in [2.24, 2.45) is 0 Å². The molecule has 1 aromatic heterocycles. The first-order valence-electron chi connectivity index (χ1n) is 12.4. The summed E-state index contributed by atoms with van der Waals surface area (Å²) in [6, 6.07) is 15.4. The van der Waals surface area contributed by atoms with Crippen molar-refractivity contribution in [2.75, 3.05) is 31.5 Å². The number of rotatable bonds is 6. The minimum atomic E-state index is -0.152. The molecule has 2 aromatic carbocycles. The Morgan fingerprint density at radius 3 is 2.57 bits per heavy atom. The first-order chi connectivity index (χ1) is 17.0. The first-order valence-corrected chi connectivity index (χ1v) is 12.4. The Labute approximate surface area is 205 Å². The molecule has 0 radical (unpaired) electrons. The van der Waals surface area contributed by atoms with E-state index in [9.17, 15) is 9.59 Å². The largest absolute Gasteiger partial charge is 0.339 e. The topological polar surface area (TPSA) is 91.6 Å². The van der Waals surface area contributed by atoms with E-state index < -0.39 is 0 Å². The van der Waals surface area contributed by atoms with Gasteiger partial charge >= 0.3 is 0 Å². The molecule has 8 nitrogen and oxygen atoms in total. The number of amides is 2. The number of hydrogen-bond donors (Lipinski definition) is 1. The SMILES string of the molecule is CC(=O)Nc1cccc(C(=O)N2CCN(Cc3cccc(-c4noc(C5CCCC5)n4)c3)CC2)c1. The molecule has 3 aromatic rings. The highest BCUT2D eigenvalue weighted by Crippen LogP contribution is 2.34. The van der Waals surface area contributed by atoms with Crippen LogP contribution in [0.15, 0.2) is 53.1 Å². The van der Waals surface area contributed by atoms with Gasteiger partial charge < -0.3 is 14.7 Å². The molecule has 35 heavy (non-hydrogen) atoms. The lowest BCUT2D eigenvalue weighted by Crippen LogP contribution is -2.48. The van der Waals surface area contributed by atoms with Gasteiger partial charge in [-0.05, 0) is 42.7 Å². The lowest BCUT2D eigenvalue weighted by Gasteiger charge is -2.35. The average molecular weight is 474 g/mol. The van der Waals surface area contributed by atoms with Gasteiger partial charge in [-0.25, -0.2) is 0 Å². The normalized spacial score (nSPS) is 17.0. The number of piperazine rings is 1. The second-order valence-corrected chi connectivity index (χ2v) is 9.47. The number of hydrogen-bond acceptors (Lipinski definition) is 6. The van der Waals surface area contributed by atoms with E-state index in [0.29, 0.717) is 36.1 Å². The molecule has 2 amide bonds. The van der Waals surface area contributed by atoms with Crippen LogP contribution in [-0.4, -0.2) is 57.9 Å². The number of aromatic nitrogens is 2. The van der Waals surface area contributed by atoms with E-state index in [4.69, 9.17) is 4.52 Å². The van der Waals surface area contributed by atoms with Crippen LogP contribution in [0.25, 0.3) is 11.4 Å². The molecule has 0 unspecified atom stereocenters. The highest BCUT2D eigenvalue weighted by molar-refractivity contribution is 5.96. The van der Waals surface area contributed by atoms with Gasteiger partial charge in [-0.2, -0.15) is 4.98 Å². The number of anilines is 1. The van der Waals surface area contributed by atoms with Crippen molar-refractivity contribution < 1.29 is 14.1 Å². The van der Waals surface area contributed by atoms with E-state index in [1.807, 2.05) is 17.0 Å². The third-order valence-corrected chi connectivity index (χ3v) is 6.83. The molecule has 8 heteroatoms. The summed E-state index contributed by atoms with van der Waals surface area (Å²) in [5.74, 6) is 1.68. The molecule has 2 aliphatic rings. The molecule has 1 saturated heterocycles. The predicted molar refractivity (Wildman–Crippen MR) is 133 cm³/mol. The number of nitrogens with zero attached hydrogens (tertiary/aromatic N) is 4. The Hall–Kier alpha value is -3.52. The lowest BCUT2D eigenvalue weighted by molar-refractivity contribution is -0.114. The Balaban J connectivity index is 1.17. The molecule has 1 aliphatic carbocycles. The Morgan fingerprint density at radius 1 is 1.03 bits per heavy atom. The number of nitrogens with one attached hydrogen (secondary N) is 1. The number of carbonyl (C=O) groups is 2. The van der Waals surface area contributed by atoms with E-state index in [-0.39, 0.29) is 11.8 Å². The second kappa shape index (κ2) is 10.4. The van der Waals surface area contributed by atoms with E-state index in [1.165, 1.54) is 25.3 Å². The Kier molecular flexibility index (Phi) is 6.90. The monoisotopic (exact) mass is 473 g/mol. The van der Waals surface area contributed by atoms with Crippen molar-refractivity contribution in [3.05, 3.63) is 65.5 Å². The minimum Gasteiger partial charge on any atom is -0.339 e. The zero-order valence-electron chi connectivity index (χ0n) is 20.1. The van der Waals surface area contributed by atoms with Gasteiger partial charge in [0, 0.05) is 62.4 Å². The summed E-state index contributed by atoms with van der Waals surface area (Å²) in [5.41, 5.74) is 3.40. The van der Waals surface area contributed by atoms with Gasteiger partial charge in [0.05, 0.1) is 0 Å². The molecule has 0 spiro atoms. The average Bonchev–Trinajstić information content (AvgIpc) is 3.57. The van der Waals surface area contributed by atoms with Crippen LogP contribution in [0.1, 0.15) is 60.3 Å². The summed E-state index contributed by atoms with van der Waals surface area (Å²) in [7, 11) is 0. The Bertz CT molecular complexity index is 1190. The molecule has 2 fully saturated rings. The molecule has 5 rings (SSSR count). The van der Waals surface area contributed by atoms with Crippen molar-refractivity contribution in [2.45, 2.75) is 45.1 Å². The van der Waals surface area contributed by atoms with E-state index in [2.05, 4.69) is 32.5 Å². The maximum Gasteiger partial charge on any atom is 0.254 e. The smallest absolute Gasteiger partial charge is 0.254 e. The summed E-state index contributed by atoms with van der Waals surface area (Å²) >= 11 is 0. The fourth-order valence-corrected chi connectivity index (χ4v) is 4.98. The minimum absolute atomic E-state index is 0.00553. The second-order valence-electron chi connectivity index (χ2n) is 9.47. The molecular weight excluding hydrogens is 442 g/mol. The van der Waals surface area contributed by atoms with Gasteiger partial charge in [0.1, 0.15) is 0 Å². The molecule has 1 aliphatic heterocycles. The molecular formula is C27H31N5O3. The van der Waals surface area contributed by atoms with Crippen molar-refractivity contribution in [1.82, 2.24) is 19.9 Å². The van der Waals surface area contributed by atoms with Crippen molar-refractivity contribution >= 4 is 17.5 Å². The van der Waals surface area contributed by atoms with Crippen molar-refractivity contribution in [3.63, 3.8) is 0 Å². The van der Waals surface area contributed by atoms with Crippen LogP contribution in [0.5, 0.6) is 0 Å². The zero-order valence-corrected chi connectivity index (χ0v) is 20.1. The van der Waals surface area contributed by atoms with E-state index in [1.54, 1.807) is 24.3 Å². The summed E-state index contributed by atoms with van der Waals surface area (Å²) < 4.78 is 5.56. The Morgan fingerprint density at radius 2 is 1.80 bits per heavy atom. The molecule has 0 bridgehead atoms. The highest BCUT2D eigenvalue weighted by atomic mass is 16.5. The molecule has 2 heterocycles. The first kappa shape index (κ1) is 23.2. The van der Waals surface area contributed by atoms with Crippen LogP contribution in [-0.2, 0) is 11.3 Å². The third-order valence-electron chi connectivity index (χ3n) is 6.83. The fourth-order valence-electron chi connectivity index (χ4n) is 4.98. The van der Waals surface area contributed by atoms with Crippen LogP contribution in [0.2, 0.25) is 0 Å². The van der Waals surface area contributed by atoms with E-state index >= 15 is 0 Å². The van der Waals surface area contributed by atoms with E-state index in [0.717, 1.165) is 43.9 Å². The fraction of sp³-hybridized carbons (Fsp3) is 0.407. The van der Waals surface area contributed by atoms with Crippen LogP contribution in [0.3, 0.4) is 0 Å². The molecule has 182 valence electrons. The lowest BCUT2D eigenvalue weighted by atomic mass is 10.1. The van der Waals surface area contributed by atoms with Crippen LogP contribution < -0.4 is 5.32 Å². The zero-order chi connectivity index (χ0) is 24.2. The highest BCUT2D eigenvalue weighted by Gasteiger charge is 2.24. The predicted octanol–water partition coefficient (Wildman–Crippen LogP) is 4.31. The van der Waals surface area contributed by atoms with Gasteiger partial charge in [0.2, 0.25) is 17.6 Å². The summed E-state index contributed by atoms with van der Waals surface area (Å²) in [5, 5.41) is 6.97. The van der Waals surface area contributed by atoms with Gasteiger partial charge in [0.15, 0.2) is 0 Å². The van der Waals surface area contributed by atoms with Crippen molar-refractivity contribution in [1.29, 1.82) is 0 Å². The maximum atomic E-state index is 13.0. The van der Waals surface area contributed by atoms with Gasteiger partial charge in [-0.15, -0.1) is 0 Å². The quantitative estimate of drug-likeness (QED) is 0.574. The summed E-state index contributed by atoms with van der Waals surface area (Å²) in [6.07, 6.45) is 4.74. The summed E-state index contributed by atoms with van der Waals surface area (Å²) in [6.45, 7) is 5.20. The standard InChI is InChI=1S/C27H31N5O3/c1-19(33)28-24-11-5-10-23(17-24)27(34)32-14-12-31(13-15-32)18-20-6-4-9-22(16-20)25-29-26(35-30-25)21-7-2-3-8-21/h4-6,9-11,16-17,21H,2-3,7-8,12-15,18H2,1H3,(H,28,33). The number of benzene rings is 2. The van der Waals surface area contributed by atoms with Crippen molar-refractivity contribution in [3.8, 4) is 11.4 Å². The molecule has 1 saturated carbocycles. The van der Waals surface area contributed by atoms with Crippen LogP contribution >= 0.6 is 0 Å². The summed E-state index contributed by atoms with van der Waals surface area (Å²) in [4.78, 5) is 33.2. The van der Waals surface area contributed by atoms with Crippen LogP contribution in [0, 0.1) is 0 Å².